The smallest absolute Gasteiger partial charge is 0.123 e. The molecular weight excluding hydrogens is 233 g/mol. The monoisotopic (exact) mass is 253 g/mol. The molecule has 0 saturated carbocycles. The molecule has 2 unspecified atom stereocenters. The molecule has 0 aromatic heterocycles. The molecule has 2 rings (SSSR count). The summed E-state index contributed by atoms with van der Waals surface area (Å²) in [7, 11) is 0. The lowest BCUT2D eigenvalue weighted by Crippen LogP contribution is -2.28. The summed E-state index contributed by atoms with van der Waals surface area (Å²) in [4.78, 5) is 0. The normalized spacial score (nSPS) is 21.7. The topological polar surface area (TPSA) is 12.0 Å². The zero-order valence-corrected chi connectivity index (χ0v) is 11.3. The Kier molecular flexibility index (Phi) is 4.46. The minimum atomic E-state index is -0.117. The van der Waals surface area contributed by atoms with Crippen LogP contribution in [0, 0.1) is 18.7 Å². The standard InChI is InChI=1S/C14H20FNS/c1-3-16-14(11-4-5-17-9-11)12-6-10(2)7-13(15)8-12/h6-8,11,14,16H,3-5,9H2,1-2H3. The molecule has 1 nitrogen and oxygen atoms in total. The van der Waals surface area contributed by atoms with Crippen molar-refractivity contribution in [1.82, 2.24) is 5.32 Å². The maximum Gasteiger partial charge on any atom is 0.123 e. The summed E-state index contributed by atoms with van der Waals surface area (Å²) in [5.74, 6) is 2.95. The minimum absolute atomic E-state index is 0.117. The summed E-state index contributed by atoms with van der Waals surface area (Å²) in [6.45, 7) is 5.00. The molecule has 0 spiro atoms. The minimum Gasteiger partial charge on any atom is -0.310 e. The summed E-state index contributed by atoms with van der Waals surface area (Å²) < 4.78 is 13.5. The van der Waals surface area contributed by atoms with Gasteiger partial charge in [0.2, 0.25) is 0 Å². The largest absolute Gasteiger partial charge is 0.310 e. The van der Waals surface area contributed by atoms with E-state index in [4.69, 9.17) is 0 Å². The molecular formula is C14H20FNS. The van der Waals surface area contributed by atoms with Crippen LogP contribution in [0.5, 0.6) is 0 Å². The summed E-state index contributed by atoms with van der Waals surface area (Å²) >= 11 is 2.01. The number of halogens is 1. The first kappa shape index (κ1) is 12.9. The molecule has 2 atom stereocenters. The first-order valence-corrected chi connectivity index (χ1v) is 7.44. The van der Waals surface area contributed by atoms with Crippen LogP contribution in [-0.2, 0) is 0 Å². The molecule has 3 heteroatoms. The van der Waals surface area contributed by atoms with E-state index in [0.29, 0.717) is 12.0 Å². The fourth-order valence-corrected chi connectivity index (χ4v) is 3.83. The summed E-state index contributed by atoms with van der Waals surface area (Å²) in [5.41, 5.74) is 2.12. The molecule has 0 bridgehead atoms. The zero-order chi connectivity index (χ0) is 12.3. The highest BCUT2D eigenvalue weighted by molar-refractivity contribution is 7.99. The van der Waals surface area contributed by atoms with Crippen LogP contribution in [0.15, 0.2) is 18.2 Å². The second kappa shape index (κ2) is 5.87. The van der Waals surface area contributed by atoms with Crippen molar-refractivity contribution in [3.63, 3.8) is 0 Å². The Labute approximate surface area is 107 Å². The van der Waals surface area contributed by atoms with Crippen molar-refractivity contribution in [2.75, 3.05) is 18.1 Å². The van der Waals surface area contributed by atoms with Gasteiger partial charge >= 0.3 is 0 Å². The fourth-order valence-electron chi connectivity index (χ4n) is 2.54. The van der Waals surface area contributed by atoms with Crippen LogP contribution < -0.4 is 5.32 Å². The van der Waals surface area contributed by atoms with Gasteiger partial charge in [-0.1, -0.05) is 13.0 Å². The van der Waals surface area contributed by atoms with E-state index in [0.717, 1.165) is 17.7 Å². The number of thioether (sulfide) groups is 1. The third-order valence-corrected chi connectivity index (χ3v) is 4.47. The highest BCUT2D eigenvalue weighted by Gasteiger charge is 2.26. The molecule has 0 radical (unpaired) electrons. The van der Waals surface area contributed by atoms with Gasteiger partial charge in [-0.15, -0.1) is 0 Å². The summed E-state index contributed by atoms with van der Waals surface area (Å²) in [5, 5.41) is 3.52. The molecule has 1 aliphatic heterocycles. The Morgan fingerprint density at radius 1 is 1.47 bits per heavy atom. The van der Waals surface area contributed by atoms with Gasteiger partial charge in [0, 0.05) is 6.04 Å². The first-order chi connectivity index (χ1) is 8.20. The maximum atomic E-state index is 13.5. The van der Waals surface area contributed by atoms with Crippen LogP contribution in [0.1, 0.15) is 30.5 Å². The molecule has 1 heterocycles. The predicted octanol–water partition coefficient (Wildman–Crippen LogP) is 3.54. The van der Waals surface area contributed by atoms with Gasteiger partial charge in [0.15, 0.2) is 0 Å². The van der Waals surface area contributed by atoms with Gasteiger partial charge in [-0.2, -0.15) is 11.8 Å². The van der Waals surface area contributed by atoms with E-state index in [-0.39, 0.29) is 5.82 Å². The van der Waals surface area contributed by atoms with Crippen LogP contribution in [-0.4, -0.2) is 18.1 Å². The lowest BCUT2D eigenvalue weighted by Gasteiger charge is -2.24. The molecule has 0 amide bonds. The van der Waals surface area contributed by atoms with E-state index >= 15 is 0 Å². The number of aryl methyl sites for hydroxylation is 1. The number of nitrogens with one attached hydrogen (secondary N) is 1. The molecule has 1 saturated heterocycles. The number of rotatable bonds is 4. The quantitative estimate of drug-likeness (QED) is 0.881. The van der Waals surface area contributed by atoms with Crippen molar-refractivity contribution in [3.8, 4) is 0 Å². The van der Waals surface area contributed by atoms with Crippen molar-refractivity contribution in [3.05, 3.63) is 35.1 Å². The van der Waals surface area contributed by atoms with E-state index in [9.17, 15) is 4.39 Å². The van der Waals surface area contributed by atoms with Crippen molar-refractivity contribution < 1.29 is 4.39 Å². The third-order valence-electron chi connectivity index (χ3n) is 3.28. The molecule has 1 fully saturated rings. The Bertz CT molecular complexity index is 354. The van der Waals surface area contributed by atoms with Gasteiger partial charge in [0.25, 0.3) is 0 Å². The van der Waals surface area contributed by atoms with Crippen LogP contribution >= 0.6 is 11.8 Å². The van der Waals surface area contributed by atoms with Crippen molar-refractivity contribution >= 4 is 11.8 Å². The Balaban J connectivity index is 2.24. The third kappa shape index (κ3) is 3.23. The summed E-state index contributed by atoms with van der Waals surface area (Å²) in [6, 6.07) is 5.70. The molecule has 94 valence electrons. The van der Waals surface area contributed by atoms with Gasteiger partial charge in [0.1, 0.15) is 5.82 Å². The van der Waals surface area contributed by atoms with E-state index in [1.165, 1.54) is 17.9 Å². The van der Waals surface area contributed by atoms with Crippen LogP contribution in [0.3, 0.4) is 0 Å². The molecule has 1 aromatic carbocycles. The second-order valence-corrected chi connectivity index (χ2v) is 5.87. The van der Waals surface area contributed by atoms with Crippen LogP contribution in [0.25, 0.3) is 0 Å². The zero-order valence-electron chi connectivity index (χ0n) is 10.5. The van der Waals surface area contributed by atoms with Gasteiger partial charge in [0.05, 0.1) is 0 Å². The van der Waals surface area contributed by atoms with Crippen molar-refractivity contribution in [2.24, 2.45) is 5.92 Å². The van der Waals surface area contributed by atoms with E-state index < -0.39 is 0 Å². The molecule has 0 aliphatic carbocycles. The Morgan fingerprint density at radius 3 is 2.88 bits per heavy atom. The number of benzene rings is 1. The highest BCUT2D eigenvalue weighted by Crippen LogP contribution is 2.34. The Morgan fingerprint density at radius 2 is 2.29 bits per heavy atom. The number of hydrogen-bond acceptors (Lipinski definition) is 2. The van der Waals surface area contributed by atoms with Gasteiger partial charge in [-0.05, 0) is 60.6 Å². The van der Waals surface area contributed by atoms with Crippen molar-refractivity contribution in [2.45, 2.75) is 26.3 Å². The average molecular weight is 253 g/mol. The second-order valence-electron chi connectivity index (χ2n) is 4.72. The van der Waals surface area contributed by atoms with Crippen LogP contribution in [0.2, 0.25) is 0 Å². The summed E-state index contributed by atoms with van der Waals surface area (Å²) in [6.07, 6.45) is 1.23. The van der Waals surface area contributed by atoms with Gasteiger partial charge in [-0.25, -0.2) is 4.39 Å². The lowest BCUT2D eigenvalue weighted by atomic mass is 9.91. The number of hydrogen-bond donors (Lipinski definition) is 1. The van der Waals surface area contributed by atoms with Crippen molar-refractivity contribution in [1.29, 1.82) is 0 Å². The molecule has 17 heavy (non-hydrogen) atoms. The molecule has 1 aliphatic rings. The highest BCUT2D eigenvalue weighted by atomic mass is 32.2. The van der Waals surface area contributed by atoms with E-state index in [1.54, 1.807) is 12.1 Å². The maximum absolute atomic E-state index is 13.5. The van der Waals surface area contributed by atoms with Gasteiger partial charge in [-0.3, -0.25) is 0 Å². The Hall–Kier alpha value is -0.540. The SMILES string of the molecule is CCNC(c1cc(C)cc(F)c1)C1CCSC1. The average Bonchev–Trinajstić information content (AvgIpc) is 2.77. The first-order valence-electron chi connectivity index (χ1n) is 6.29. The van der Waals surface area contributed by atoms with E-state index in [2.05, 4.69) is 18.3 Å². The predicted molar refractivity (Wildman–Crippen MR) is 73.0 cm³/mol. The van der Waals surface area contributed by atoms with Crippen LogP contribution in [0.4, 0.5) is 4.39 Å². The lowest BCUT2D eigenvalue weighted by molar-refractivity contribution is 0.399. The molecule has 1 N–H and O–H groups in total. The van der Waals surface area contributed by atoms with E-state index in [1.807, 2.05) is 18.7 Å². The van der Waals surface area contributed by atoms with Gasteiger partial charge < -0.3 is 5.32 Å². The fraction of sp³-hybridized carbons (Fsp3) is 0.571. The molecule has 1 aromatic rings.